The lowest BCUT2D eigenvalue weighted by Crippen LogP contribution is -2.51. The highest BCUT2D eigenvalue weighted by molar-refractivity contribution is 6.04. The Morgan fingerprint density at radius 2 is 2.22 bits per heavy atom. The SMILES string of the molecule is NC(=O)c1cccc2[nH]c([C@@]34CC[C@H](CN3C3CCC3)C4)nc12. The number of aromatic nitrogens is 2. The van der Waals surface area contributed by atoms with Crippen LogP contribution >= 0.6 is 0 Å². The molecular formula is C18H22N4O. The number of carbonyl (C=O) groups is 1. The molecule has 0 radical (unpaired) electrons. The molecule has 5 nitrogen and oxygen atoms in total. The summed E-state index contributed by atoms with van der Waals surface area (Å²) in [5.74, 6) is 1.45. The van der Waals surface area contributed by atoms with E-state index in [2.05, 4.69) is 9.88 Å². The summed E-state index contributed by atoms with van der Waals surface area (Å²) in [5, 5.41) is 0. The van der Waals surface area contributed by atoms with Crippen LogP contribution in [0.5, 0.6) is 0 Å². The van der Waals surface area contributed by atoms with Gasteiger partial charge in [-0.2, -0.15) is 0 Å². The van der Waals surface area contributed by atoms with Gasteiger partial charge < -0.3 is 10.7 Å². The van der Waals surface area contributed by atoms with Gasteiger partial charge >= 0.3 is 0 Å². The van der Waals surface area contributed by atoms with E-state index in [0.29, 0.717) is 5.56 Å². The van der Waals surface area contributed by atoms with Gasteiger partial charge in [0.25, 0.3) is 5.91 Å². The Labute approximate surface area is 135 Å². The molecule has 1 aromatic heterocycles. The first-order valence-corrected chi connectivity index (χ1v) is 8.73. The van der Waals surface area contributed by atoms with Crippen molar-refractivity contribution >= 4 is 16.9 Å². The number of benzene rings is 1. The van der Waals surface area contributed by atoms with Gasteiger partial charge in [0.1, 0.15) is 11.3 Å². The number of nitrogens with zero attached hydrogens (tertiary/aromatic N) is 2. The second kappa shape index (κ2) is 4.57. The molecule has 2 aromatic rings. The first kappa shape index (κ1) is 13.5. The monoisotopic (exact) mass is 310 g/mol. The molecule has 3 fully saturated rings. The van der Waals surface area contributed by atoms with E-state index in [0.717, 1.165) is 28.8 Å². The van der Waals surface area contributed by atoms with Crippen LogP contribution in [-0.2, 0) is 5.54 Å². The van der Waals surface area contributed by atoms with Crippen LogP contribution in [0, 0.1) is 5.92 Å². The molecule has 2 atom stereocenters. The van der Waals surface area contributed by atoms with Crippen LogP contribution in [-0.4, -0.2) is 33.4 Å². The maximum absolute atomic E-state index is 11.7. The second-order valence-corrected chi connectivity index (χ2v) is 7.53. The van der Waals surface area contributed by atoms with E-state index in [-0.39, 0.29) is 5.54 Å². The minimum absolute atomic E-state index is 0.0592. The van der Waals surface area contributed by atoms with Crippen molar-refractivity contribution in [3.63, 3.8) is 0 Å². The Morgan fingerprint density at radius 1 is 1.35 bits per heavy atom. The van der Waals surface area contributed by atoms with Crippen molar-refractivity contribution in [3.05, 3.63) is 29.6 Å². The molecule has 5 heteroatoms. The summed E-state index contributed by atoms with van der Waals surface area (Å²) in [6, 6.07) is 6.36. The number of nitrogens with two attached hydrogens (primary N) is 1. The van der Waals surface area contributed by atoms with Gasteiger partial charge in [0.15, 0.2) is 0 Å². The molecule has 1 amide bonds. The van der Waals surface area contributed by atoms with E-state index in [1.807, 2.05) is 12.1 Å². The van der Waals surface area contributed by atoms with Crippen LogP contribution in [0.25, 0.3) is 11.0 Å². The summed E-state index contributed by atoms with van der Waals surface area (Å²) in [6.45, 7) is 1.21. The number of primary amides is 1. The molecule has 3 N–H and O–H groups in total. The van der Waals surface area contributed by atoms with Gasteiger partial charge in [0, 0.05) is 12.6 Å². The lowest BCUT2D eigenvalue weighted by molar-refractivity contribution is 0.0211. The molecule has 0 spiro atoms. The van der Waals surface area contributed by atoms with Gasteiger partial charge in [0.05, 0.1) is 16.6 Å². The molecule has 1 saturated heterocycles. The van der Waals surface area contributed by atoms with Crippen LogP contribution in [0.3, 0.4) is 0 Å². The smallest absolute Gasteiger partial charge is 0.250 e. The summed E-state index contributed by atoms with van der Waals surface area (Å²) >= 11 is 0. The molecule has 23 heavy (non-hydrogen) atoms. The molecule has 5 rings (SSSR count). The number of hydrogen-bond donors (Lipinski definition) is 2. The number of imidazole rings is 1. The number of carbonyl (C=O) groups excluding carboxylic acids is 1. The summed E-state index contributed by atoms with van der Waals surface area (Å²) in [4.78, 5) is 22.8. The third-order valence-corrected chi connectivity index (χ3v) is 6.33. The molecule has 2 bridgehead atoms. The second-order valence-electron chi connectivity index (χ2n) is 7.53. The van der Waals surface area contributed by atoms with Crippen LogP contribution in [0.4, 0.5) is 0 Å². The number of H-pyrrole nitrogens is 1. The predicted octanol–water partition coefficient (Wildman–Crippen LogP) is 2.53. The fourth-order valence-electron chi connectivity index (χ4n) is 4.99. The number of nitrogens with one attached hydrogen (secondary N) is 1. The van der Waals surface area contributed by atoms with E-state index in [4.69, 9.17) is 10.7 Å². The highest BCUT2D eigenvalue weighted by Gasteiger charge is 2.56. The average molecular weight is 310 g/mol. The number of amides is 1. The summed E-state index contributed by atoms with van der Waals surface area (Å²) in [5.41, 5.74) is 7.75. The Morgan fingerprint density at radius 3 is 2.91 bits per heavy atom. The van der Waals surface area contributed by atoms with Crippen molar-refractivity contribution in [1.82, 2.24) is 14.9 Å². The zero-order valence-corrected chi connectivity index (χ0v) is 13.2. The Bertz CT molecular complexity index is 793. The minimum Gasteiger partial charge on any atom is -0.366 e. The number of rotatable bonds is 3. The molecule has 2 aliphatic carbocycles. The third-order valence-electron chi connectivity index (χ3n) is 6.33. The summed E-state index contributed by atoms with van der Waals surface area (Å²) < 4.78 is 0. The minimum atomic E-state index is -0.405. The molecular weight excluding hydrogens is 288 g/mol. The van der Waals surface area contributed by atoms with Gasteiger partial charge in [-0.25, -0.2) is 4.98 Å². The fraction of sp³-hybridized carbons (Fsp3) is 0.556. The van der Waals surface area contributed by atoms with Crippen LogP contribution in [0.15, 0.2) is 18.2 Å². The lowest BCUT2D eigenvalue weighted by Gasteiger charge is -2.46. The average Bonchev–Trinajstić information content (AvgIpc) is 3.17. The van der Waals surface area contributed by atoms with Crippen LogP contribution in [0.2, 0.25) is 0 Å². The van der Waals surface area contributed by atoms with Gasteiger partial charge in [-0.3, -0.25) is 9.69 Å². The maximum atomic E-state index is 11.7. The topological polar surface area (TPSA) is 75.0 Å². The van der Waals surface area contributed by atoms with Gasteiger partial charge in [-0.05, 0) is 50.2 Å². The standard InChI is InChI=1S/C18H22N4O/c19-16(23)13-5-2-6-14-15(13)21-17(20-14)18-8-7-11(9-18)10-22(18)12-3-1-4-12/h2,5-6,11-12H,1,3-4,7-10H2,(H2,19,23)(H,20,21)/t11-,18-/m0/s1. The number of likely N-dealkylation sites (tertiary alicyclic amines) is 1. The molecule has 0 unspecified atom stereocenters. The number of para-hydroxylation sites is 1. The molecule has 1 aliphatic heterocycles. The zero-order chi connectivity index (χ0) is 15.6. The first-order chi connectivity index (χ1) is 11.2. The molecule has 2 saturated carbocycles. The van der Waals surface area contributed by atoms with Crippen molar-refractivity contribution in [3.8, 4) is 0 Å². The predicted molar refractivity (Wildman–Crippen MR) is 88.0 cm³/mol. The quantitative estimate of drug-likeness (QED) is 0.914. The first-order valence-electron chi connectivity index (χ1n) is 8.73. The normalized spacial score (nSPS) is 30.9. The Kier molecular flexibility index (Phi) is 2.69. The largest absolute Gasteiger partial charge is 0.366 e. The van der Waals surface area contributed by atoms with Crippen molar-refractivity contribution in [1.29, 1.82) is 0 Å². The van der Waals surface area contributed by atoms with Crippen molar-refractivity contribution in [2.75, 3.05) is 6.54 Å². The van der Waals surface area contributed by atoms with Crippen molar-refractivity contribution < 1.29 is 4.79 Å². The third kappa shape index (κ3) is 1.77. The number of piperidine rings is 1. The number of hydrogen-bond acceptors (Lipinski definition) is 3. The van der Waals surface area contributed by atoms with Gasteiger partial charge in [-0.1, -0.05) is 12.5 Å². The molecule has 3 aliphatic rings. The fourth-order valence-corrected chi connectivity index (χ4v) is 4.99. The maximum Gasteiger partial charge on any atom is 0.250 e. The summed E-state index contributed by atoms with van der Waals surface area (Å²) in [7, 11) is 0. The highest BCUT2D eigenvalue weighted by atomic mass is 16.1. The van der Waals surface area contributed by atoms with Crippen molar-refractivity contribution in [2.45, 2.75) is 50.1 Å². The van der Waals surface area contributed by atoms with Gasteiger partial charge in [0.2, 0.25) is 0 Å². The van der Waals surface area contributed by atoms with E-state index in [1.165, 1.54) is 45.1 Å². The molecule has 1 aromatic carbocycles. The van der Waals surface area contributed by atoms with E-state index in [1.54, 1.807) is 6.07 Å². The Hall–Kier alpha value is -1.88. The Balaban J connectivity index is 1.64. The molecule has 2 heterocycles. The van der Waals surface area contributed by atoms with Crippen LogP contribution in [0.1, 0.15) is 54.7 Å². The van der Waals surface area contributed by atoms with E-state index in [9.17, 15) is 4.79 Å². The summed E-state index contributed by atoms with van der Waals surface area (Å²) in [6.07, 6.45) is 7.67. The van der Waals surface area contributed by atoms with Gasteiger partial charge in [-0.15, -0.1) is 0 Å². The van der Waals surface area contributed by atoms with Crippen molar-refractivity contribution in [2.24, 2.45) is 11.7 Å². The lowest BCUT2D eigenvalue weighted by atomic mass is 9.85. The van der Waals surface area contributed by atoms with E-state index >= 15 is 0 Å². The zero-order valence-electron chi connectivity index (χ0n) is 13.2. The number of fused-ring (bicyclic) bond motifs is 3. The molecule has 120 valence electrons. The highest BCUT2D eigenvalue weighted by Crippen LogP contribution is 2.54. The number of aromatic amines is 1. The van der Waals surface area contributed by atoms with E-state index < -0.39 is 5.91 Å². The van der Waals surface area contributed by atoms with Crippen LogP contribution < -0.4 is 5.73 Å².